The highest BCUT2D eigenvalue weighted by Crippen LogP contribution is 2.25. The Balaban J connectivity index is 1.38. The van der Waals surface area contributed by atoms with Crippen LogP contribution in [0.4, 0.5) is 0 Å². The van der Waals surface area contributed by atoms with Crippen LogP contribution in [0.25, 0.3) is 0 Å². The van der Waals surface area contributed by atoms with Gasteiger partial charge in [-0.2, -0.15) is 0 Å². The molecule has 0 aromatic rings. The van der Waals surface area contributed by atoms with E-state index in [0.717, 1.165) is 12.0 Å². The molecule has 0 radical (unpaired) electrons. The third-order valence-electron chi connectivity index (χ3n) is 6.18. The van der Waals surface area contributed by atoms with E-state index in [0.29, 0.717) is 6.04 Å². The minimum Gasteiger partial charge on any atom is -0.306 e. The van der Waals surface area contributed by atoms with Crippen LogP contribution < -0.4 is 0 Å². The zero-order valence-corrected chi connectivity index (χ0v) is 15.0. The smallest absolute Gasteiger partial charge is 0.0120 e. The zero-order chi connectivity index (χ0) is 15.5. The van der Waals surface area contributed by atoms with Crippen molar-refractivity contribution in [3.63, 3.8) is 0 Å². The Kier molecular flexibility index (Phi) is 5.77. The molecule has 3 saturated heterocycles. The number of hydrogen-bond donors (Lipinski definition) is 0. The van der Waals surface area contributed by atoms with Crippen molar-refractivity contribution in [2.75, 3.05) is 66.0 Å². The summed E-state index contributed by atoms with van der Waals surface area (Å²) in [6.07, 6.45) is 4.20. The van der Waals surface area contributed by atoms with Crippen LogP contribution in [0.1, 0.15) is 33.1 Å². The summed E-state index contributed by atoms with van der Waals surface area (Å²) in [4.78, 5) is 10.6. The Hall–Kier alpha value is -0.160. The van der Waals surface area contributed by atoms with Crippen molar-refractivity contribution in [1.82, 2.24) is 19.6 Å². The van der Waals surface area contributed by atoms with Crippen LogP contribution in [-0.4, -0.2) is 97.6 Å². The van der Waals surface area contributed by atoms with Gasteiger partial charge in [0.15, 0.2) is 0 Å². The van der Waals surface area contributed by atoms with Gasteiger partial charge in [0.2, 0.25) is 0 Å². The Morgan fingerprint density at radius 1 is 0.864 bits per heavy atom. The molecule has 0 aromatic heterocycles. The molecule has 4 heteroatoms. The first kappa shape index (κ1) is 16.7. The number of nitrogens with zero attached hydrogens (tertiary/aromatic N) is 4. The van der Waals surface area contributed by atoms with Crippen LogP contribution in [-0.2, 0) is 0 Å². The molecule has 128 valence electrons. The topological polar surface area (TPSA) is 13.0 Å². The Morgan fingerprint density at radius 3 is 2.18 bits per heavy atom. The van der Waals surface area contributed by atoms with Gasteiger partial charge in [0, 0.05) is 51.4 Å². The van der Waals surface area contributed by atoms with Gasteiger partial charge < -0.3 is 9.80 Å². The monoisotopic (exact) mass is 308 g/mol. The van der Waals surface area contributed by atoms with E-state index in [1.807, 2.05) is 0 Å². The SMILES string of the molecule is CC(C)N1CCN(CC2CCN(C3CCN(C)CC3)C2)CC1. The van der Waals surface area contributed by atoms with Gasteiger partial charge in [-0.1, -0.05) is 0 Å². The van der Waals surface area contributed by atoms with Gasteiger partial charge >= 0.3 is 0 Å². The van der Waals surface area contributed by atoms with Crippen molar-refractivity contribution >= 4 is 0 Å². The lowest BCUT2D eigenvalue weighted by atomic mass is 10.0. The van der Waals surface area contributed by atoms with Gasteiger partial charge in [-0.15, -0.1) is 0 Å². The van der Waals surface area contributed by atoms with Crippen LogP contribution >= 0.6 is 0 Å². The quantitative estimate of drug-likeness (QED) is 0.779. The molecule has 1 atom stereocenters. The fourth-order valence-corrected chi connectivity index (χ4v) is 4.53. The average molecular weight is 309 g/mol. The summed E-state index contributed by atoms with van der Waals surface area (Å²) < 4.78 is 0. The van der Waals surface area contributed by atoms with Crippen LogP contribution in [0.3, 0.4) is 0 Å². The second-order valence-corrected chi connectivity index (χ2v) is 8.11. The number of rotatable bonds is 4. The van der Waals surface area contributed by atoms with Crippen molar-refractivity contribution in [2.45, 2.75) is 45.2 Å². The summed E-state index contributed by atoms with van der Waals surface area (Å²) in [7, 11) is 2.26. The predicted octanol–water partition coefficient (Wildman–Crippen LogP) is 1.43. The Bertz CT molecular complexity index is 330. The Morgan fingerprint density at radius 2 is 1.55 bits per heavy atom. The van der Waals surface area contributed by atoms with E-state index < -0.39 is 0 Å². The van der Waals surface area contributed by atoms with Crippen LogP contribution in [0.15, 0.2) is 0 Å². The molecule has 3 aliphatic heterocycles. The molecular weight excluding hydrogens is 272 g/mol. The molecular formula is C18H36N4. The zero-order valence-electron chi connectivity index (χ0n) is 15.0. The van der Waals surface area contributed by atoms with E-state index >= 15 is 0 Å². The first-order valence-electron chi connectivity index (χ1n) is 9.51. The van der Waals surface area contributed by atoms with Crippen molar-refractivity contribution in [2.24, 2.45) is 5.92 Å². The maximum atomic E-state index is 2.81. The molecule has 22 heavy (non-hydrogen) atoms. The van der Waals surface area contributed by atoms with Gasteiger partial charge in [-0.25, -0.2) is 0 Å². The molecule has 0 aromatic carbocycles. The van der Waals surface area contributed by atoms with E-state index in [2.05, 4.69) is 40.5 Å². The lowest BCUT2D eigenvalue weighted by Gasteiger charge is -2.38. The van der Waals surface area contributed by atoms with E-state index in [-0.39, 0.29) is 0 Å². The molecule has 4 nitrogen and oxygen atoms in total. The van der Waals surface area contributed by atoms with E-state index in [1.165, 1.54) is 78.2 Å². The molecule has 3 rings (SSSR count). The maximum Gasteiger partial charge on any atom is 0.0120 e. The normalized spacial score (nSPS) is 31.4. The summed E-state index contributed by atoms with van der Waals surface area (Å²) >= 11 is 0. The van der Waals surface area contributed by atoms with Crippen LogP contribution in [0.5, 0.6) is 0 Å². The number of likely N-dealkylation sites (tertiary alicyclic amines) is 2. The highest BCUT2D eigenvalue weighted by molar-refractivity contribution is 4.87. The molecule has 0 spiro atoms. The molecule has 3 aliphatic rings. The summed E-state index contributed by atoms with van der Waals surface area (Å²) in [6, 6.07) is 1.59. The summed E-state index contributed by atoms with van der Waals surface area (Å²) in [5.74, 6) is 0.922. The van der Waals surface area contributed by atoms with Gasteiger partial charge in [-0.05, 0) is 65.7 Å². The molecule has 1 unspecified atom stereocenters. The van der Waals surface area contributed by atoms with Crippen molar-refractivity contribution in [3.05, 3.63) is 0 Å². The van der Waals surface area contributed by atoms with E-state index in [1.54, 1.807) is 0 Å². The number of piperidine rings is 1. The standard InChI is InChI=1S/C18H36N4/c1-16(2)21-12-10-20(11-13-21)14-17-4-9-22(15-17)18-5-7-19(3)8-6-18/h16-18H,4-15H2,1-3H3. The van der Waals surface area contributed by atoms with Crippen LogP contribution in [0, 0.1) is 5.92 Å². The van der Waals surface area contributed by atoms with E-state index in [9.17, 15) is 0 Å². The average Bonchev–Trinajstić information content (AvgIpc) is 2.97. The minimum absolute atomic E-state index is 0.716. The molecule has 3 fully saturated rings. The molecule has 0 amide bonds. The van der Waals surface area contributed by atoms with Gasteiger partial charge in [0.1, 0.15) is 0 Å². The highest BCUT2D eigenvalue weighted by Gasteiger charge is 2.31. The minimum atomic E-state index is 0.716. The first-order chi connectivity index (χ1) is 10.6. The Labute approximate surface area is 137 Å². The van der Waals surface area contributed by atoms with Crippen molar-refractivity contribution in [1.29, 1.82) is 0 Å². The van der Waals surface area contributed by atoms with Gasteiger partial charge in [-0.3, -0.25) is 9.80 Å². The first-order valence-corrected chi connectivity index (χ1v) is 9.51. The summed E-state index contributed by atoms with van der Waals surface area (Å²) in [5.41, 5.74) is 0. The second-order valence-electron chi connectivity index (χ2n) is 8.11. The van der Waals surface area contributed by atoms with Crippen molar-refractivity contribution in [3.8, 4) is 0 Å². The number of hydrogen-bond acceptors (Lipinski definition) is 4. The lowest BCUT2D eigenvalue weighted by Crippen LogP contribution is -2.50. The van der Waals surface area contributed by atoms with Crippen molar-refractivity contribution < 1.29 is 0 Å². The highest BCUT2D eigenvalue weighted by atomic mass is 15.3. The molecule has 0 aliphatic carbocycles. The fraction of sp³-hybridized carbons (Fsp3) is 1.00. The fourth-order valence-electron chi connectivity index (χ4n) is 4.53. The lowest BCUT2D eigenvalue weighted by molar-refractivity contribution is 0.0937. The molecule has 3 heterocycles. The molecule has 0 N–H and O–H groups in total. The second kappa shape index (κ2) is 7.61. The third-order valence-corrected chi connectivity index (χ3v) is 6.18. The predicted molar refractivity (Wildman–Crippen MR) is 93.3 cm³/mol. The van der Waals surface area contributed by atoms with Crippen LogP contribution in [0.2, 0.25) is 0 Å². The number of piperazine rings is 1. The van der Waals surface area contributed by atoms with Gasteiger partial charge in [0.05, 0.1) is 0 Å². The third kappa shape index (κ3) is 4.22. The summed E-state index contributed by atoms with van der Waals surface area (Å²) in [5, 5.41) is 0. The summed E-state index contributed by atoms with van der Waals surface area (Å²) in [6.45, 7) is 16.4. The molecule has 0 bridgehead atoms. The van der Waals surface area contributed by atoms with E-state index in [4.69, 9.17) is 0 Å². The maximum absolute atomic E-state index is 2.81. The largest absolute Gasteiger partial charge is 0.306 e. The van der Waals surface area contributed by atoms with Gasteiger partial charge in [0.25, 0.3) is 0 Å². The molecule has 0 saturated carbocycles.